The number of carbonyl (C=O) groups is 1. The summed E-state index contributed by atoms with van der Waals surface area (Å²) in [5, 5.41) is 12.8. The van der Waals surface area contributed by atoms with E-state index in [2.05, 4.69) is 10.1 Å². The fourth-order valence-corrected chi connectivity index (χ4v) is 1.31. The van der Waals surface area contributed by atoms with Crippen molar-refractivity contribution in [2.24, 2.45) is 0 Å². The molecule has 1 aromatic heterocycles. The van der Waals surface area contributed by atoms with Crippen molar-refractivity contribution in [3.8, 4) is 5.75 Å². The predicted octanol–water partition coefficient (Wildman–Crippen LogP) is 1.57. The molecule has 0 unspecified atom stereocenters. The highest BCUT2D eigenvalue weighted by Gasteiger charge is 2.10. The van der Waals surface area contributed by atoms with Crippen molar-refractivity contribution in [1.82, 2.24) is 10.1 Å². The minimum Gasteiger partial charge on any atom is -0.508 e. The molecule has 0 saturated heterocycles. The van der Waals surface area contributed by atoms with Gasteiger partial charge in [0.25, 0.3) is 0 Å². The maximum Gasteiger partial charge on any atom is 0.238 e. The number of aromatic hydroxyl groups is 1. The van der Waals surface area contributed by atoms with E-state index >= 15 is 0 Å². The topological polar surface area (TPSA) is 76.2 Å². The fraction of sp³-hybridized carbons (Fsp3) is 0.182. The number of phenolic OH excluding ortho intramolecular Hbond substituents is 1. The van der Waals surface area contributed by atoms with Gasteiger partial charge in [-0.15, -0.1) is 0 Å². The monoisotopic (exact) mass is 218 g/mol. The third-order valence-electron chi connectivity index (χ3n) is 2.05. The van der Waals surface area contributed by atoms with Crippen LogP contribution in [0.3, 0.4) is 0 Å². The molecular weight excluding hydrogens is 208 g/mol. The molecule has 0 bridgehead atoms. The second-order valence-electron chi connectivity index (χ2n) is 3.41. The number of ketones is 1. The number of hydrogen-bond donors (Lipinski definition) is 1. The summed E-state index contributed by atoms with van der Waals surface area (Å²) < 4.78 is 4.91. The third kappa shape index (κ3) is 2.25. The van der Waals surface area contributed by atoms with Crippen LogP contribution >= 0.6 is 0 Å². The quantitative estimate of drug-likeness (QED) is 0.791. The summed E-state index contributed by atoms with van der Waals surface area (Å²) in [5.74, 6) is 0.390. The number of phenols is 1. The number of rotatable bonds is 3. The fourth-order valence-electron chi connectivity index (χ4n) is 1.31. The molecule has 1 aromatic carbocycles. The SMILES string of the molecule is CC(=O)c1noc(Cc2cccc(O)c2)n1. The Kier molecular flexibility index (Phi) is 2.68. The van der Waals surface area contributed by atoms with Crippen molar-refractivity contribution in [2.45, 2.75) is 13.3 Å². The number of aromatic nitrogens is 2. The zero-order valence-electron chi connectivity index (χ0n) is 8.67. The number of benzene rings is 1. The van der Waals surface area contributed by atoms with E-state index in [4.69, 9.17) is 4.52 Å². The van der Waals surface area contributed by atoms with Crippen LogP contribution in [-0.2, 0) is 6.42 Å². The molecule has 0 amide bonds. The predicted molar refractivity (Wildman–Crippen MR) is 55.2 cm³/mol. The third-order valence-corrected chi connectivity index (χ3v) is 2.05. The van der Waals surface area contributed by atoms with Gasteiger partial charge in [-0.25, -0.2) is 0 Å². The van der Waals surface area contributed by atoms with Gasteiger partial charge >= 0.3 is 0 Å². The van der Waals surface area contributed by atoms with Crippen LogP contribution in [0.4, 0.5) is 0 Å². The van der Waals surface area contributed by atoms with Crippen molar-refractivity contribution in [2.75, 3.05) is 0 Å². The molecule has 16 heavy (non-hydrogen) atoms. The molecule has 2 rings (SSSR count). The van der Waals surface area contributed by atoms with Gasteiger partial charge in [0.05, 0.1) is 6.42 Å². The van der Waals surface area contributed by atoms with Gasteiger partial charge in [-0.05, 0) is 17.7 Å². The Morgan fingerprint density at radius 2 is 2.31 bits per heavy atom. The Labute approximate surface area is 91.7 Å². The Bertz CT molecular complexity index is 519. The zero-order valence-corrected chi connectivity index (χ0v) is 8.67. The molecule has 0 fully saturated rings. The average molecular weight is 218 g/mol. The molecule has 0 aliphatic rings. The van der Waals surface area contributed by atoms with Crippen molar-refractivity contribution < 1.29 is 14.4 Å². The summed E-state index contributed by atoms with van der Waals surface area (Å²) in [6, 6.07) is 6.75. The Balaban J connectivity index is 2.17. The summed E-state index contributed by atoms with van der Waals surface area (Å²) in [4.78, 5) is 14.9. The summed E-state index contributed by atoms with van der Waals surface area (Å²) >= 11 is 0. The highest BCUT2D eigenvalue weighted by Crippen LogP contribution is 2.14. The van der Waals surface area contributed by atoms with E-state index in [-0.39, 0.29) is 17.4 Å². The molecular formula is C11H10N2O3. The summed E-state index contributed by atoms with van der Waals surface area (Å²) in [5.41, 5.74) is 0.846. The van der Waals surface area contributed by atoms with Crippen LogP contribution in [0.2, 0.25) is 0 Å². The van der Waals surface area contributed by atoms with Gasteiger partial charge in [-0.3, -0.25) is 4.79 Å². The molecule has 0 spiro atoms. The van der Waals surface area contributed by atoms with Gasteiger partial charge in [0.2, 0.25) is 17.5 Å². The van der Waals surface area contributed by atoms with Crippen molar-refractivity contribution in [3.63, 3.8) is 0 Å². The largest absolute Gasteiger partial charge is 0.508 e. The average Bonchev–Trinajstić information content (AvgIpc) is 2.66. The van der Waals surface area contributed by atoms with Gasteiger partial charge in [0.1, 0.15) is 5.75 Å². The first-order valence-electron chi connectivity index (χ1n) is 4.76. The van der Waals surface area contributed by atoms with Crippen molar-refractivity contribution in [1.29, 1.82) is 0 Å². The van der Waals surface area contributed by atoms with E-state index < -0.39 is 0 Å². The highest BCUT2D eigenvalue weighted by atomic mass is 16.5. The van der Waals surface area contributed by atoms with E-state index in [1.54, 1.807) is 18.2 Å². The number of hydrogen-bond acceptors (Lipinski definition) is 5. The molecule has 5 nitrogen and oxygen atoms in total. The first kappa shape index (κ1) is 10.4. The zero-order chi connectivity index (χ0) is 11.5. The number of carbonyl (C=O) groups excluding carboxylic acids is 1. The van der Waals surface area contributed by atoms with Gasteiger partial charge in [0, 0.05) is 6.92 Å². The molecule has 0 saturated carbocycles. The van der Waals surface area contributed by atoms with E-state index in [0.717, 1.165) is 5.56 Å². The van der Waals surface area contributed by atoms with Crippen LogP contribution in [0.25, 0.3) is 0 Å². The highest BCUT2D eigenvalue weighted by molar-refractivity contribution is 5.89. The lowest BCUT2D eigenvalue weighted by Gasteiger charge is -1.96. The van der Waals surface area contributed by atoms with E-state index in [9.17, 15) is 9.90 Å². The van der Waals surface area contributed by atoms with Gasteiger partial charge < -0.3 is 9.63 Å². The second-order valence-corrected chi connectivity index (χ2v) is 3.41. The Hall–Kier alpha value is -2.17. The minimum atomic E-state index is -0.231. The normalized spacial score (nSPS) is 10.3. The lowest BCUT2D eigenvalue weighted by atomic mass is 10.1. The molecule has 5 heteroatoms. The molecule has 2 aromatic rings. The summed E-state index contributed by atoms with van der Waals surface area (Å²) in [7, 11) is 0. The molecule has 0 aliphatic carbocycles. The van der Waals surface area contributed by atoms with Crippen LogP contribution in [-0.4, -0.2) is 21.0 Å². The maximum absolute atomic E-state index is 10.9. The Morgan fingerprint density at radius 3 is 2.94 bits per heavy atom. The first-order valence-corrected chi connectivity index (χ1v) is 4.76. The summed E-state index contributed by atoms with van der Waals surface area (Å²) in [6.07, 6.45) is 0.397. The molecule has 1 heterocycles. The maximum atomic E-state index is 10.9. The number of Topliss-reactive ketones (excluding diaryl/α,β-unsaturated/α-hetero) is 1. The van der Waals surface area contributed by atoms with Crippen LogP contribution in [0.5, 0.6) is 5.75 Å². The molecule has 82 valence electrons. The standard InChI is InChI=1S/C11H10N2O3/c1-7(14)11-12-10(16-13-11)6-8-3-2-4-9(15)5-8/h2-5,15H,6H2,1H3. The molecule has 0 atom stereocenters. The van der Waals surface area contributed by atoms with Gasteiger partial charge in [-0.2, -0.15) is 4.98 Å². The van der Waals surface area contributed by atoms with Gasteiger partial charge in [0.15, 0.2) is 0 Å². The van der Waals surface area contributed by atoms with E-state index in [1.165, 1.54) is 6.92 Å². The minimum absolute atomic E-state index is 0.0788. The van der Waals surface area contributed by atoms with Crippen LogP contribution < -0.4 is 0 Å². The Morgan fingerprint density at radius 1 is 1.50 bits per heavy atom. The van der Waals surface area contributed by atoms with Gasteiger partial charge in [-0.1, -0.05) is 17.3 Å². The van der Waals surface area contributed by atoms with E-state index in [1.807, 2.05) is 6.07 Å². The summed E-state index contributed by atoms with van der Waals surface area (Å²) in [6.45, 7) is 1.38. The van der Waals surface area contributed by atoms with Crippen molar-refractivity contribution >= 4 is 5.78 Å². The molecule has 0 radical (unpaired) electrons. The van der Waals surface area contributed by atoms with Crippen LogP contribution in [0, 0.1) is 0 Å². The smallest absolute Gasteiger partial charge is 0.238 e. The molecule has 0 aliphatic heterocycles. The second kappa shape index (κ2) is 4.14. The van der Waals surface area contributed by atoms with Crippen LogP contribution in [0.15, 0.2) is 28.8 Å². The number of nitrogens with zero attached hydrogens (tertiary/aromatic N) is 2. The first-order chi connectivity index (χ1) is 7.65. The lowest BCUT2D eigenvalue weighted by Crippen LogP contribution is -1.95. The lowest BCUT2D eigenvalue weighted by molar-refractivity contribution is 0.100. The van der Waals surface area contributed by atoms with Crippen LogP contribution in [0.1, 0.15) is 29.0 Å². The van der Waals surface area contributed by atoms with E-state index in [0.29, 0.717) is 12.3 Å². The van der Waals surface area contributed by atoms with Crippen molar-refractivity contribution in [3.05, 3.63) is 41.5 Å². The molecule has 1 N–H and O–H groups in total.